The largest absolute Gasteiger partial charge is 0.422 e. The molecule has 1 nitrogen and oxygen atoms in total. The van der Waals surface area contributed by atoms with Gasteiger partial charge in [-0.15, -0.1) is 0 Å². The summed E-state index contributed by atoms with van der Waals surface area (Å²) in [6.07, 6.45) is -4.36. The van der Waals surface area contributed by atoms with Gasteiger partial charge in [-0.05, 0) is 19.3 Å². The lowest BCUT2D eigenvalue weighted by molar-refractivity contribution is -0.257. The maximum Gasteiger partial charge on any atom is 0.422 e. The van der Waals surface area contributed by atoms with Gasteiger partial charge in [-0.3, -0.25) is 0 Å². The second-order valence-corrected chi connectivity index (χ2v) is 3.71. The SMILES string of the molecule is O=CCC1CCCCC1(F)C(F)(F)F. The molecule has 1 aliphatic rings. The van der Waals surface area contributed by atoms with E-state index in [9.17, 15) is 22.4 Å². The summed E-state index contributed by atoms with van der Waals surface area (Å²) in [5.41, 5.74) is -3.15. The third-order valence-electron chi connectivity index (χ3n) is 2.84. The van der Waals surface area contributed by atoms with Gasteiger partial charge in [0.15, 0.2) is 0 Å². The van der Waals surface area contributed by atoms with Crippen molar-refractivity contribution in [1.29, 1.82) is 0 Å². The van der Waals surface area contributed by atoms with Crippen molar-refractivity contribution in [3.05, 3.63) is 0 Å². The van der Waals surface area contributed by atoms with E-state index in [-0.39, 0.29) is 19.3 Å². The van der Waals surface area contributed by atoms with Crippen LogP contribution in [0.15, 0.2) is 0 Å². The molecular formula is C9H12F4O. The van der Waals surface area contributed by atoms with Crippen LogP contribution in [0.1, 0.15) is 32.1 Å². The molecule has 0 bridgehead atoms. The maximum absolute atomic E-state index is 13.6. The first kappa shape index (κ1) is 11.5. The summed E-state index contributed by atoms with van der Waals surface area (Å²) >= 11 is 0. The summed E-state index contributed by atoms with van der Waals surface area (Å²) in [6, 6.07) is 0. The lowest BCUT2D eigenvalue weighted by Gasteiger charge is -2.38. The van der Waals surface area contributed by atoms with E-state index in [1.807, 2.05) is 0 Å². The number of alkyl halides is 4. The van der Waals surface area contributed by atoms with Crippen molar-refractivity contribution in [1.82, 2.24) is 0 Å². The molecule has 82 valence electrons. The van der Waals surface area contributed by atoms with Crippen molar-refractivity contribution in [2.45, 2.75) is 43.9 Å². The van der Waals surface area contributed by atoms with Crippen LogP contribution in [0.4, 0.5) is 17.6 Å². The quantitative estimate of drug-likeness (QED) is 0.508. The lowest BCUT2D eigenvalue weighted by Crippen LogP contribution is -2.49. The Morgan fingerprint density at radius 1 is 1.36 bits per heavy atom. The number of hydrogen-bond donors (Lipinski definition) is 0. The molecule has 5 heteroatoms. The van der Waals surface area contributed by atoms with E-state index in [0.717, 1.165) is 0 Å². The summed E-state index contributed by atoms with van der Waals surface area (Å²) in [5.74, 6) is -1.19. The fourth-order valence-corrected chi connectivity index (χ4v) is 2.00. The Labute approximate surface area is 79.5 Å². The van der Waals surface area contributed by atoms with Crippen LogP contribution in [0.3, 0.4) is 0 Å². The fourth-order valence-electron chi connectivity index (χ4n) is 2.00. The molecule has 1 saturated carbocycles. The van der Waals surface area contributed by atoms with E-state index in [1.165, 1.54) is 0 Å². The van der Waals surface area contributed by atoms with Gasteiger partial charge in [0, 0.05) is 12.3 Å². The van der Waals surface area contributed by atoms with Gasteiger partial charge in [0.25, 0.3) is 0 Å². The molecule has 0 radical (unpaired) electrons. The van der Waals surface area contributed by atoms with Gasteiger partial charge in [-0.2, -0.15) is 13.2 Å². The topological polar surface area (TPSA) is 17.1 Å². The molecule has 0 aromatic carbocycles. The number of rotatable bonds is 2. The first-order valence-corrected chi connectivity index (χ1v) is 4.61. The molecule has 1 aliphatic carbocycles. The van der Waals surface area contributed by atoms with Gasteiger partial charge < -0.3 is 4.79 Å². The van der Waals surface area contributed by atoms with Crippen LogP contribution in [0.5, 0.6) is 0 Å². The van der Waals surface area contributed by atoms with E-state index >= 15 is 0 Å². The highest BCUT2D eigenvalue weighted by Gasteiger charge is 2.60. The number of carbonyl (C=O) groups excluding carboxylic acids is 1. The molecular weight excluding hydrogens is 200 g/mol. The van der Waals surface area contributed by atoms with E-state index in [0.29, 0.717) is 12.7 Å². The third-order valence-corrected chi connectivity index (χ3v) is 2.84. The standard InChI is InChI=1S/C9H12F4O/c10-8(9(11,12)13)5-2-1-3-7(8)4-6-14/h6-7H,1-5H2. The minimum atomic E-state index is -4.85. The molecule has 0 heterocycles. The van der Waals surface area contributed by atoms with E-state index in [2.05, 4.69) is 0 Å². The van der Waals surface area contributed by atoms with Crippen molar-refractivity contribution in [2.24, 2.45) is 5.92 Å². The average molecular weight is 212 g/mol. The number of hydrogen-bond acceptors (Lipinski definition) is 1. The van der Waals surface area contributed by atoms with E-state index in [1.54, 1.807) is 0 Å². The van der Waals surface area contributed by atoms with Crippen LogP contribution in [0.25, 0.3) is 0 Å². The van der Waals surface area contributed by atoms with Crippen LogP contribution in [-0.2, 0) is 4.79 Å². The number of carbonyl (C=O) groups is 1. The van der Waals surface area contributed by atoms with Crippen molar-refractivity contribution < 1.29 is 22.4 Å². The predicted octanol–water partition coefficient (Wildman–Crippen LogP) is 3.04. The van der Waals surface area contributed by atoms with Gasteiger partial charge >= 0.3 is 6.18 Å². The zero-order valence-corrected chi connectivity index (χ0v) is 7.61. The van der Waals surface area contributed by atoms with Crippen LogP contribution in [-0.4, -0.2) is 18.1 Å². The van der Waals surface area contributed by atoms with Gasteiger partial charge in [0.2, 0.25) is 5.67 Å². The van der Waals surface area contributed by atoms with Crippen LogP contribution in [0.2, 0.25) is 0 Å². The molecule has 0 aliphatic heterocycles. The zero-order chi connectivity index (χ0) is 10.8. The molecule has 0 spiro atoms. The normalized spacial score (nSPS) is 34.1. The minimum absolute atomic E-state index is 0.148. The number of halogens is 4. The fraction of sp³-hybridized carbons (Fsp3) is 0.889. The number of aldehydes is 1. The van der Waals surface area contributed by atoms with Gasteiger partial charge in [0.1, 0.15) is 6.29 Å². The van der Waals surface area contributed by atoms with Crippen molar-refractivity contribution >= 4 is 6.29 Å². The molecule has 1 rings (SSSR count). The molecule has 0 amide bonds. The molecule has 14 heavy (non-hydrogen) atoms. The van der Waals surface area contributed by atoms with Crippen LogP contribution >= 0.6 is 0 Å². The summed E-state index contributed by atoms with van der Waals surface area (Å²) in [7, 11) is 0. The Kier molecular flexibility index (Phi) is 3.17. The molecule has 0 saturated heterocycles. The minimum Gasteiger partial charge on any atom is -0.303 e. The smallest absolute Gasteiger partial charge is 0.303 e. The Bertz CT molecular complexity index is 213. The second kappa shape index (κ2) is 3.87. The Morgan fingerprint density at radius 3 is 2.50 bits per heavy atom. The van der Waals surface area contributed by atoms with Crippen molar-refractivity contribution in [3.8, 4) is 0 Å². The second-order valence-electron chi connectivity index (χ2n) is 3.71. The van der Waals surface area contributed by atoms with Gasteiger partial charge in [-0.25, -0.2) is 4.39 Å². The Morgan fingerprint density at radius 2 is 2.00 bits per heavy atom. The van der Waals surface area contributed by atoms with Gasteiger partial charge in [-0.1, -0.05) is 6.42 Å². The highest BCUT2D eigenvalue weighted by molar-refractivity contribution is 5.50. The molecule has 2 atom stereocenters. The average Bonchev–Trinajstić information content (AvgIpc) is 2.07. The van der Waals surface area contributed by atoms with Crippen LogP contribution < -0.4 is 0 Å². The highest BCUT2D eigenvalue weighted by atomic mass is 19.4. The Hall–Kier alpha value is -0.610. The van der Waals surface area contributed by atoms with Crippen molar-refractivity contribution in [3.63, 3.8) is 0 Å². The van der Waals surface area contributed by atoms with Gasteiger partial charge in [0.05, 0.1) is 0 Å². The highest BCUT2D eigenvalue weighted by Crippen LogP contribution is 2.48. The molecule has 0 aromatic heterocycles. The summed E-state index contributed by atoms with van der Waals surface area (Å²) in [6.45, 7) is 0. The maximum atomic E-state index is 13.6. The molecule has 1 fully saturated rings. The first-order chi connectivity index (χ1) is 6.42. The van der Waals surface area contributed by atoms with E-state index in [4.69, 9.17) is 0 Å². The molecule has 0 N–H and O–H groups in total. The van der Waals surface area contributed by atoms with E-state index < -0.39 is 24.2 Å². The first-order valence-electron chi connectivity index (χ1n) is 4.61. The monoisotopic (exact) mass is 212 g/mol. The van der Waals surface area contributed by atoms with Crippen molar-refractivity contribution in [2.75, 3.05) is 0 Å². The molecule has 0 aromatic rings. The molecule has 2 unspecified atom stereocenters. The Balaban J connectivity index is 2.84. The zero-order valence-electron chi connectivity index (χ0n) is 7.61. The third kappa shape index (κ3) is 1.91. The lowest BCUT2D eigenvalue weighted by atomic mass is 9.75. The summed E-state index contributed by atoms with van der Waals surface area (Å²) < 4.78 is 50.9. The predicted molar refractivity (Wildman–Crippen MR) is 42.5 cm³/mol. The van der Waals surface area contributed by atoms with Crippen LogP contribution in [0, 0.1) is 5.92 Å². The summed E-state index contributed by atoms with van der Waals surface area (Å²) in [4.78, 5) is 10.2. The summed E-state index contributed by atoms with van der Waals surface area (Å²) in [5, 5.41) is 0.